The number of aliphatic hydroxyl groups excluding tert-OH is 1. The van der Waals surface area contributed by atoms with Crippen molar-refractivity contribution < 1.29 is 18.4 Å². The Balaban J connectivity index is 2.85. The number of nitro benzene ring substituents is 1. The summed E-state index contributed by atoms with van der Waals surface area (Å²) in [4.78, 5) is 9.95. The molecule has 0 amide bonds. The number of likely N-dealkylation sites (N-methyl/N-ethyl adjacent to an activating group) is 1. The SMILES string of the molecule is CCN(CCO)S(=O)(=O)Cc1ccc([N+](=O)[O-])cc1. The van der Waals surface area contributed by atoms with Crippen LogP contribution < -0.4 is 0 Å². The monoisotopic (exact) mass is 288 g/mol. The Hall–Kier alpha value is -1.51. The van der Waals surface area contributed by atoms with Gasteiger partial charge in [-0.15, -0.1) is 0 Å². The minimum atomic E-state index is -3.52. The molecular formula is C11H16N2O5S. The van der Waals surface area contributed by atoms with Crippen LogP contribution in [0.4, 0.5) is 5.69 Å². The summed E-state index contributed by atoms with van der Waals surface area (Å²) in [6.45, 7) is 1.76. The molecule has 0 fully saturated rings. The van der Waals surface area contributed by atoms with Crippen LogP contribution in [0.2, 0.25) is 0 Å². The fourth-order valence-corrected chi connectivity index (χ4v) is 3.17. The first-order valence-corrected chi connectivity index (χ1v) is 7.33. The van der Waals surface area contributed by atoms with E-state index in [0.29, 0.717) is 5.56 Å². The topological polar surface area (TPSA) is 101 Å². The molecule has 1 rings (SSSR count). The average molecular weight is 288 g/mol. The molecule has 7 nitrogen and oxygen atoms in total. The fraction of sp³-hybridized carbons (Fsp3) is 0.455. The summed E-state index contributed by atoms with van der Waals surface area (Å²) < 4.78 is 25.2. The maximum atomic E-state index is 12.0. The van der Waals surface area contributed by atoms with E-state index in [1.807, 2.05) is 0 Å². The molecule has 0 radical (unpaired) electrons. The van der Waals surface area contributed by atoms with Crippen molar-refractivity contribution in [3.8, 4) is 0 Å². The highest BCUT2D eigenvalue weighted by molar-refractivity contribution is 7.88. The third kappa shape index (κ3) is 4.27. The lowest BCUT2D eigenvalue weighted by Crippen LogP contribution is -2.34. The predicted molar refractivity (Wildman–Crippen MR) is 70.1 cm³/mol. The van der Waals surface area contributed by atoms with Gasteiger partial charge in [0.25, 0.3) is 5.69 Å². The first kappa shape index (κ1) is 15.5. The van der Waals surface area contributed by atoms with E-state index in [2.05, 4.69) is 0 Å². The molecule has 106 valence electrons. The van der Waals surface area contributed by atoms with Gasteiger partial charge < -0.3 is 5.11 Å². The van der Waals surface area contributed by atoms with Gasteiger partial charge in [0, 0.05) is 25.2 Å². The standard InChI is InChI=1S/C11H16N2O5S/c1-2-12(7-8-14)19(17,18)9-10-3-5-11(6-4-10)13(15)16/h3-6,14H,2,7-9H2,1H3. The first-order chi connectivity index (χ1) is 8.90. The number of rotatable bonds is 7. The van der Waals surface area contributed by atoms with E-state index >= 15 is 0 Å². The Kier molecular flexibility index (Phi) is 5.40. The summed E-state index contributed by atoms with van der Waals surface area (Å²) in [7, 11) is -3.52. The number of aliphatic hydroxyl groups is 1. The summed E-state index contributed by atoms with van der Waals surface area (Å²) in [5.74, 6) is -0.237. The molecule has 0 saturated carbocycles. The second-order valence-corrected chi connectivity index (χ2v) is 5.86. The highest BCUT2D eigenvalue weighted by Crippen LogP contribution is 2.15. The zero-order valence-corrected chi connectivity index (χ0v) is 11.3. The number of non-ortho nitro benzene ring substituents is 1. The second kappa shape index (κ2) is 6.60. The maximum absolute atomic E-state index is 12.0. The molecule has 0 aromatic heterocycles. The molecule has 1 aromatic carbocycles. The molecule has 19 heavy (non-hydrogen) atoms. The molecule has 0 atom stereocenters. The van der Waals surface area contributed by atoms with Crippen LogP contribution in [-0.2, 0) is 15.8 Å². The van der Waals surface area contributed by atoms with Crippen molar-refractivity contribution in [2.45, 2.75) is 12.7 Å². The number of hydrogen-bond donors (Lipinski definition) is 1. The van der Waals surface area contributed by atoms with E-state index in [4.69, 9.17) is 5.11 Å². The lowest BCUT2D eigenvalue weighted by atomic mass is 10.2. The number of sulfonamides is 1. The van der Waals surface area contributed by atoms with Crippen LogP contribution in [0.15, 0.2) is 24.3 Å². The smallest absolute Gasteiger partial charge is 0.269 e. The Labute approximate surface area is 111 Å². The van der Waals surface area contributed by atoms with E-state index < -0.39 is 14.9 Å². The predicted octanol–water partition coefficient (Wildman–Crippen LogP) is 0.739. The molecular weight excluding hydrogens is 272 g/mol. The van der Waals surface area contributed by atoms with Crippen molar-refractivity contribution in [3.05, 3.63) is 39.9 Å². The zero-order valence-electron chi connectivity index (χ0n) is 10.5. The summed E-state index contributed by atoms with van der Waals surface area (Å²) in [5.41, 5.74) is 0.394. The van der Waals surface area contributed by atoms with Gasteiger partial charge in [-0.25, -0.2) is 8.42 Å². The molecule has 0 aliphatic carbocycles. The molecule has 0 aliphatic heterocycles. The van der Waals surface area contributed by atoms with Crippen LogP contribution in [0.25, 0.3) is 0 Å². The molecule has 0 aliphatic rings. The van der Waals surface area contributed by atoms with Gasteiger partial charge in [-0.05, 0) is 5.56 Å². The lowest BCUT2D eigenvalue weighted by molar-refractivity contribution is -0.384. The third-order valence-corrected chi connectivity index (χ3v) is 4.52. The van der Waals surface area contributed by atoms with E-state index in [1.165, 1.54) is 28.6 Å². The van der Waals surface area contributed by atoms with Crippen molar-refractivity contribution in [2.75, 3.05) is 19.7 Å². The maximum Gasteiger partial charge on any atom is 0.269 e. The first-order valence-electron chi connectivity index (χ1n) is 5.72. The van der Waals surface area contributed by atoms with E-state index in [1.54, 1.807) is 6.92 Å². The number of hydrogen-bond acceptors (Lipinski definition) is 5. The normalized spacial score (nSPS) is 11.7. The van der Waals surface area contributed by atoms with Gasteiger partial charge in [-0.2, -0.15) is 4.31 Å². The zero-order chi connectivity index (χ0) is 14.5. The second-order valence-electron chi connectivity index (χ2n) is 3.90. The van der Waals surface area contributed by atoms with Crippen LogP contribution >= 0.6 is 0 Å². The van der Waals surface area contributed by atoms with Crippen LogP contribution in [0.1, 0.15) is 12.5 Å². The minimum absolute atomic E-state index is 0.0474. The Bertz CT molecular complexity index is 527. The molecule has 0 unspecified atom stereocenters. The summed E-state index contributed by atoms with van der Waals surface area (Å²) in [6.07, 6.45) is 0. The molecule has 0 saturated heterocycles. The Morgan fingerprint density at radius 3 is 2.32 bits per heavy atom. The van der Waals surface area contributed by atoms with Crippen molar-refractivity contribution >= 4 is 15.7 Å². The molecule has 0 heterocycles. The summed E-state index contributed by atoms with van der Waals surface area (Å²) in [6, 6.07) is 5.38. The van der Waals surface area contributed by atoms with Crippen molar-refractivity contribution in [2.24, 2.45) is 0 Å². The van der Waals surface area contributed by atoms with Crippen molar-refractivity contribution in [3.63, 3.8) is 0 Å². The summed E-state index contributed by atoms with van der Waals surface area (Å²) in [5, 5.41) is 19.3. The third-order valence-electron chi connectivity index (χ3n) is 2.59. The molecule has 8 heteroatoms. The Morgan fingerprint density at radius 1 is 1.32 bits per heavy atom. The van der Waals surface area contributed by atoms with E-state index in [0.717, 1.165) is 0 Å². The molecule has 0 spiro atoms. The highest BCUT2D eigenvalue weighted by Gasteiger charge is 2.20. The lowest BCUT2D eigenvalue weighted by Gasteiger charge is -2.19. The van der Waals surface area contributed by atoms with Gasteiger partial charge in [0.05, 0.1) is 17.3 Å². The van der Waals surface area contributed by atoms with Gasteiger partial charge in [0.15, 0.2) is 0 Å². The highest BCUT2D eigenvalue weighted by atomic mass is 32.2. The van der Waals surface area contributed by atoms with Crippen molar-refractivity contribution in [1.29, 1.82) is 0 Å². The van der Waals surface area contributed by atoms with Gasteiger partial charge in [0.2, 0.25) is 10.0 Å². The van der Waals surface area contributed by atoms with Gasteiger partial charge in [0.1, 0.15) is 0 Å². The van der Waals surface area contributed by atoms with Crippen LogP contribution in [-0.4, -0.2) is 42.4 Å². The Morgan fingerprint density at radius 2 is 1.89 bits per heavy atom. The number of benzene rings is 1. The van der Waals surface area contributed by atoms with Crippen LogP contribution in [0.5, 0.6) is 0 Å². The van der Waals surface area contributed by atoms with Crippen LogP contribution in [0.3, 0.4) is 0 Å². The molecule has 1 aromatic rings. The number of nitro groups is 1. The quantitative estimate of drug-likeness (QED) is 0.589. The van der Waals surface area contributed by atoms with Crippen LogP contribution in [0, 0.1) is 10.1 Å². The minimum Gasteiger partial charge on any atom is -0.395 e. The summed E-state index contributed by atoms with van der Waals surface area (Å²) >= 11 is 0. The fourth-order valence-electron chi connectivity index (χ4n) is 1.62. The van der Waals surface area contributed by atoms with E-state index in [9.17, 15) is 18.5 Å². The van der Waals surface area contributed by atoms with Gasteiger partial charge in [-0.1, -0.05) is 19.1 Å². The van der Waals surface area contributed by atoms with Gasteiger partial charge >= 0.3 is 0 Å². The van der Waals surface area contributed by atoms with E-state index in [-0.39, 0.29) is 31.1 Å². The van der Waals surface area contributed by atoms with Crippen molar-refractivity contribution in [1.82, 2.24) is 4.31 Å². The molecule has 0 bridgehead atoms. The van der Waals surface area contributed by atoms with Gasteiger partial charge in [-0.3, -0.25) is 10.1 Å². The largest absolute Gasteiger partial charge is 0.395 e. The number of nitrogens with zero attached hydrogens (tertiary/aromatic N) is 2. The average Bonchev–Trinajstić information content (AvgIpc) is 2.35. The molecule has 1 N–H and O–H groups in total.